The molecule has 0 spiro atoms. The van der Waals surface area contributed by atoms with E-state index in [1.54, 1.807) is 41.5 Å². The minimum Gasteiger partial charge on any atom is -0.462 e. The molecule has 0 aromatic carbocycles. The molecule has 0 aliphatic heterocycles. The largest absolute Gasteiger partial charge is 0.462 e. The second-order valence-electron chi connectivity index (χ2n) is 6.69. The Kier molecular flexibility index (Phi) is 7.20. The van der Waals surface area contributed by atoms with Gasteiger partial charge >= 0.3 is 17.9 Å². The fraction of sp³-hybridized carbons (Fsp3) is 0.429. The second kappa shape index (κ2) is 9.43. The number of hydrogen-bond donors (Lipinski definition) is 2. The van der Waals surface area contributed by atoms with Gasteiger partial charge in [0.25, 0.3) is 0 Å². The van der Waals surface area contributed by atoms with Gasteiger partial charge < -0.3 is 24.2 Å². The Bertz CT molecular complexity index is 917. The SMILES string of the molecule is CCOC(=O)c1c(C)[nH]c(C(=O)COC(=O)c2[nH]c(C)c(C(=O)OCC)c2C)c1C. The lowest BCUT2D eigenvalue weighted by atomic mass is 10.1. The Hall–Kier alpha value is -3.36. The molecule has 2 aromatic heterocycles. The van der Waals surface area contributed by atoms with Crippen LogP contribution in [0.2, 0.25) is 0 Å². The molecule has 0 bridgehead atoms. The molecule has 2 N–H and O–H groups in total. The summed E-state index contributed by atoms with van der Waals surface area (Å²) in [7, 11) is 0. The zero-order chi connectivity index (χ0) is 22.6. The van der Waals surface area contributed by atoms with Crippen LogP contribution < -0.4 is 0 Å². The van der Waals surface area contributed by atoms with E-state index in [-0.39, 0.29) is 30.2 Å². The molecule has 30 heavy (non-hydrogen) atoms. The van der Waals surface area contributed by atoms with Crippen molar-refractivity contribution in [2.45, 2.75) is 41.5 Å². The van der Waals surface area contributed by atoms with Gasteiger partial charge in [0.05, 0.1) is 30.0 Å². The third-order valence-corrected chi connectivity index (χ3v) is 4.65. The zero-order valence-corrected chi connectivity index (χ0v) is 18.0. The molecule has 0 saturated carbocycles. The quantitative estimate of drug-likeness (QED) is 0.383. The lowest BCUT2D eigenvalue weighted by molar-refractivity contribution is 0.0466. The lowest BCUT2D eigenvalue weighted by Crippen LogP contribution is -2.16. The normalized spacial score (nSPS) is 10.6. The number of rotatable bonds is 8. The molecule has 9 nitrogen and oxygen atoms in total. The molecule has 0 aliphatic carbocycles. The number of aromatic nitrogens is 2. The number of carbonyl (C=O) groups is 4. The first kappa shape index (κ1) is 22.9. The summed E-state index contributed by atoms with van der Waals surface area (Å²) in [6.45, 7) is 9.78. The van der Waals surface area contributed by atoms with E-state index in [9.17, 15) is 19.2 Å². The fourth-order valence-corrected chi connectivity index (χ4v) is 3.28. The van der Waals surface area contributed by atoms with Crippen molar-refractivity contribution in [1.82, 2.24) is 9.97 Å². The minimum absolute atomic E-state index is 0.0787. The number of nitrogens with one attached hydrogen (secondary N) is 2. The molecular formula is C21H26N2O7. The first-order valence-electron chi connectivity index (χ1n) is 9.56. The topological polar surface area (TPSA) is 128 Å². The van der Waals surface area contributed by atoms with Gasteiger partial charge in [0.15, 0.2) is 6.61 Å². The van der Waals surface area contributed by atoms with Crippen LogP contribution in [0.15, 0.2) is 0 Å². The first-order chi connectivity index (χ1) is 14.1. The molecule has 0 amide bonds. The summed E-state index contributed by atoms with van der Waals surface area (Å²) in [4.78, 5) is 54.8. The van der Waals surface area contributed by atoms with E-state index in [0.29, 0.717) is 28.1 Å². The van der Waals surface area contributed by atoms with Crippen LogP contribution in [-0.2, 0) is 14.2 Å². The maximum atomic E-state index is 12.6. The highest BCUT2D eigenvalue weighted by Gasteiger charge is 2.26. The molecule has 162 valence electrons. The molecule has 0 unspecified atom stereocenters. The van der Waals surface area contributed by atoms with Gasteiger partial charge in [0.1, 0.15) is 5.69 Å². The van der Waals surface area contributed by atoms with Crippen LogP contribution in [0.3, 0.4) is 0 Å². The van der Waals surface area contributed by atoms with Crippen molar-refractivity contribution in [2.24, 2.45) is 0 Å². The highest BCUT2D eigenvalue weighted by atomic mass is 16.5. The molecule has 0 atom stereocenters. The van der Waals surface area contributed by atoms with E-state index >= 15 is 0 Å². The van der Waals surface area contributed by atoms with Crippen molar-refractivity contribution in [1.29, 1.82) is 0 Å². The third-order valence-electron chi connectivity index (χ3n) is 4.65. The van der Waals surface area contributed by atoms with Gasteiger partial charge in [0, 0.05) is 11.4 Å². The minimum atomic E-state index is -0.772. The molecule has 2 rings (SSSR count). The number of aromatic amines is 2. The Morgan fingerprint density at radius 2 is 1.10 bits per heavy atom. The van der Waals surface area contributed by atoms with Gasteiger partial charge in [-0.15, -0.1) is 0 Å². The smallest absolute Gasteiger partial charge is 0.355 e. The van der Waals surface area contributed by atoms with Crippen molar-refractivity contribution in [3.8, 4) is 0 Å². The predicted molar refractivity (Wildman–Crippen MR) is 107 cm³/mol. The highest BCUT2D eigenvalue weighted by Crippen LogP contribution is 2.21. The van der Waals surface area contributed by atoms with Gasteiger partial charge in [0.2, 0.25) is 5.78 Å². The van der Waals surface area contributed by atoms with Gasteiger partial charge in [-0.05, 0) is 52.7 Å². The van der Waals surface area contributed by atoms with Gasteiger partial charge in [-0.25, -0.2) is 14.4 Å². The molecule has 9 heteroatoms. The van der Waals surface area contributed by atoms with E-state index < -0.39 is 30.3 Å². The van der Waals surface area contributed by atoms with Crippen LogP contribution in [0.5, 0.6) is 0 Å². The average molecular weight is 418 g/mol. The van der Waals surface area contributed by atoms with Crippen molar-refractivity contribution < 1.29 is 33.4 Å². The van der Waals surface area contributed by atoms with Crippen LogP contribution in [0, 0.1) is 27.7 Å². The summed E-state index contributed by atoms with van der Waals surface area (Å²) < 4.78 is 15.1. The zero-order valence-electron chi connectivity index (χ0n) is 18.0. The summed E-state index contributed by atoms with van der Waals surface area (Å²) in [5, 5.41) is 0. The van der Waals surface area contributed by atoms with Crippen LogP contribution in [0.25, 0.3) is 0 Å². The number of ketones is 1. The predicted octanol–water partition coefficient (Wildman–Crippen LogP) is 2.97. The molecule has 0 radical (unpaired) electrons. The summed E-state index contributed by atoms with van der Waals surface area (Å²) >= 11 is 0. The highest BCUT2D eigenvalue weighted by molar-refractivity contribution is 6.03. The monoisotopic (exact) mass is 418 g/mol. The van der Waals surface area contributed by atoms with Crippen LogP contribution in [0.1, 0.15) is 78.1 Å². The summed E-state index contributed by atoms with van der Waals surface area (Å²) in [6, 6.07) is 0. The van der Waals surface area contributed by atoms with Crippen molar-refractivity contribution >= 4 is 23.7 Å². The number of ether oxygens (including phenoxy) is 3. The molecule has 2 heterocycles. The van der Waals surface area contributed by atoms with E-state index in [1.165, 1.54) is 0 Å². The Balaban J connectivity index is 2.15. The Labute approximate surface area is 174 Å². The van der Waals surface area contributed by atoms with Crippen molar-refractivity contribution in [2.75, 3.05) is 19.8 Å². The molecule has 0 fully saturated rings. The fourth-order valence-electron chi connectivity index (χ4n) is 3.28. The first-order valence-corrected chi connectivity index (χ1v) is 9.56. The van der Waals surface area contributed by atoms with Gasteiger partial charge in [-0.3, -0.25) is 4.79 Å². The van der Waals surface area contributed by atoms with E-state index in [0.717, 1.165) is 0 Å². The lowest BCUT2D eigenvalue weighted by Gasteiger charge is -2.05. The summed E-state index contributed by atoms with van der Waals surface area (Å²) in [5.74, 6) is -2.33. The number of H-pyrrole nitrogens is 2. The number of esters is 3. The van der Waals surface area contributed by atoms with Crippen LogP contribution in [-0.4, -0.2) is 53.5 Å². The van der Waals surface area contributed by atoms with E-state index in [2.05, 4.69) is 9.97 Å². The maximum absolute atomic E-state index is 12.6. The molecule has 0 saturated heterocycles. The standard InChI is InChI=1S/C21H26N2O7/c1-7-28-19(25)15-10(3)17(22-12(15)5)14(24)9-30-21(27)18-11(4)16(13(6)23-18)20(26)29-8-2/h22-23H,7-9H2,1-6H3. The van der Waals surface area contributed by atoms with Gasteiger partial charge in [-0.2, -0.15) is 0 Å². The molecular weight excluding hydrogens is 392 g/mol. The summed E-state index contributed by atoms with van der Waals surface area (Å²) in [5.41, 5.74) is 2.61. The van der Waals surface area contributed by atoms with Gasteiger partial charge in [-0.1, -0.05) is 0 Å². The van der Waals surface area contributed by atoms with E-state index in [1.807, 2.05) is 0 Å². The number of Topliss-reactive ketones (excluding diaryl/α,β-unsaturated/α-hetero) is 1. The maximum Gasteiger partial charge on any atom is 0.355 e. The van der Waals surface area contributed by atoms with Crippen molar-refractivity contribution in [3.63, 3.8) is 0 Å². The number of carbonyl (C=O) groups excluding carboxylic acids is 4. The Morgan fingerprint density at radius 1 is 0.667 bits per heavy atom. The number of hydrogen-bond acceptors (Lipinski definition) is 7. The molecule has 2 aromatic rings. The average Bonchev–Trinajstić information content (AvgIpc) is 3.15. The van der Waals surface area contributed by atoms with Crippen LogP contribution in [0.4, 0.5) is 0 Å². The summed E-state index contributed by atoms with van der Waals surface area (Å²) in [6.07, 6.45) is 0. The third kappa shape index (κ3) is 4.45. The second-order valence-corrected chi connectivity index (χ2v) is 6.69. The van der Waals surface area contributed by atoms with Crippen LogP contribution >= 0.6 is 0 Å². The Morgan fingerprint density at radius 3 is 1.57 bits per heavy atom. The number of aryl methyl sites for hydroxylation is 2. The van der Waals surface area contributed by atoms with Crippen molar-refractivity contribution in [3.05, 3.63) is 45.0 Å². The molecule has 0 aliphatic rings. The van der Waals surface area contributed by atoms with E-state index in [4.69, 9.17) is 14.2 Å².